The normalized spacial score (nSPS) is 10.5. The summed E-state index contributed by atoms with van der Waals surface area (Å²) in [6.45, 7) is 3.19. The molecule has 0 spiro atoms. The van der Waals surface area contributed by atoms with E-state index in [1.54, 1.807) is 7.05 Å². The standard InChI is InChI=1S/C14H21FN4O2/c1-3-19(9-14(21)17-2)7-6-13(20)18-12-8-10(16)4-5-11(12)15/h4-5,8H,3,6-7,9,16H2,1-2H3,(H,17,21)(H,18,20). The van der Waals surface area contributed by atoms with Crippen LogP contribution in [-0.2, 0) is 9.59 Å². The number of anilines is 2. The van der Waals surface area contributed by atoms with Crippen LogP contribution in [0.2, 0.25) is 0 Å². The van der Waals surface area contributed by atoms with E-state index in [4.69, 9.17) is 5.73 Å². The second-order valence-electron chi connectivity index (χ2n) is 4.58. The lowest BCUT2D eigenvalue weighted by molar-refractivity contribution is -0.122. The molecule has 0 aliphatic carbocycles. The third kappa shape index (κ3) is 5.78. The van der Waals surface area contributed by atoms with Gasteiger partial charge in [0.15, 0.2) is 0 Å². The monoisotopic (exact) mass is 296 g/mol. The van der Waals surface area contributed by atoms with Crippen molar-refractivity contribution in [1.82, 2.24) is 10.2 Å². The van der Waals surface area contributed by atoms with Crippen molar-refractivity contribution in [3.63, 3.8) is 0 Å². The molecule has 21 heavy (non-hydrogen) atoms. The molecule has 7 heteroatoms. The van der Waals surface area contributed by atoms with E-state index in [9.17, 15) is 14.0 Å². The van der Waals surface area contributed by atoms with Gasteiger partial charge >= 0.3 is 0 Å². The Morgan fingerprint density at radius 1 is 1.33 bits per heavy atom. The van der Waals surface area contributed by atoms with Crippen molar-refractivity contribution in [3.05, 3.63) is 24.0 Å². The number of likely N-dealkylation sites (N-methyl/N-ethyl adjacent to an activating group) is 2. The smallest absolute Gasteiger partial charge is 0.233 e. The summed E-state index contributed by atoms with van der Waals surface area (Å²) in [4.78, 5) is 24.9. The van der Waals surface area contributed by atoms with Crippen molar-refractivity contribution >= 4 is 23.2 Å². The Bertz CT molecular complexity index is 508. The van der Waals surface area contributed by atoms with Gasteiger partial charge in [-0.3, -0.25) is 14.5 Å². The fourth-order valence-electron chi connectivity index (χ4n) is 1.74. The van der Waals surface area contributed by atoms with E-state index in [-0.39, 0.29) is 30.5 Å². The maximum Gasteiger partial charge on any atom is 0.233 e. The number of carbonyl (C=O) groups is 2. The minimum absolute atomic E-state index is 0.0642. The fourth-order valence-corrected chi connectivity index (χ4v) is 1.74. The second-order valence-corrected chi connectivity index (χ2v) is 4.58. The number of hydrogen-bond acceptors (Lipinski definition) is 4. The van der Waals surface area contributed by atoms with Gasteiger partial charge in [0.05, 0.1) is 12.2 Å². The number of nitrogens with one attached hydrogen (secondary N) is 2. The molecule has 0 aliphatic rings. The zero-order valence-corrected chi connectivity index (χ0v) is 12.3. The number of rotatable bonds is 7. The van der Waals surface area contributed by atoms with E-state index in [0.717, 1.165) is 0 Å². The second kappa shape index (κ2) is 8.21. The predicted molar refractivity (Wildman–Crippen MR) is 80.2 cm³/mol. The predicted octanol–water partition coefficient (Wildman–Crippen LogP) is 0.804. The van der Waals surface area contributed by atoms with E-state index < -0.39 is 5.82 Å². The summed E-state index contributed by atoms with van der Waals surface area (Å²) in [6.07, 6.45) is 0.166. The third-order valence-corrected chi connectivity index (χ3v) is 3.01. The van der Waals surface area contributed by atoms with Gasteiger partial charge in [0.1, 0.15) is 5.82 Å². The van der Waals surface area contributed by atoms with Crippen LogP contribution in [0.25, 0.3) is 0 Å². The highest BCUT2D eigenvalue weighted by Crippen LogP contribution is 2.17. The Morgan fingerprint density at radius 3 is 2.67 bits per heavy atom. The first kappa shape index (κ1) is 16.9. The average Bonchev–Trinajstić information content (AvgIpc) is 2.46. The Labute approximate surface area is 123 Å². The summed E-state index contributed by atoms with van der Waals surface area (Å²) >= 11 is 0. The van der Waals surface area contributed by atoms with Crippen molar-refractivity contribution in [3.8, 4) is 0 Å². The molecule has 6 nitrogen and oxygen atoms in total. The van der Waals surface area contributed by atoms with Crippen LogP contribution in [0.1, 0.15) is 13.3 Å². The summed E-state index contributed by atoms with van der Waals surface area (Å²) in [5.74, 6) is -0.968. The van der Waals surface area contributed by atoms with E-state index in [1.165, 1.54) is 18.2 Å². The van der Waals surface area contributed by atoms with Crippen LogP contribution in [0.4, 0.5) is 15.8 Å². The molecule has 2 amide bonds. The number of amides is 2. The van der Waals surface area contributed by atoms with Crippen molar-refractivity contribution in [2.75, 3.05) is 37.7 Å². The maximum atomic E-state index is 13.5. The van der Waals surface area contributed by atoms with Gasteiger partial charge in [0.25, 0.3) is 0 Å². The zero-order valence-electron chi connectivity index (χ0n) is 12.3. The molecule has 0 unspecified atom stereocenters. The van der Waals surface area contributed by atoms with Crippen LogP contribution in [-0.4, -0.2) is 43.4 Å². The molecule has 0 fully saturated rings. The number of hydrogen-bond donors (Lipinski definition) is 3. The Hall–Kier alpha value is -2.15. The van der Waals surface area contributed by atoms with Gasteiger partial charge in [-0.2, -0.15) is 0 Å². The van der Waals surface area contributed by atoms with Crippen LogP contribution in [0, 0.1) is 5.82 Å². The summed E-state index contributed by atoms with van der Waals surface area (Å²) in [6, 6.07) is 4.00. The topological polar surface area (TPSA) is 87.5 Å². The highest BCUT2D eigenvalue weighted by Gasteiger charge is 2.11. The van der Waals surface area contributed by atoms with Crippen LogP contribution < -0.4 is 16.4 Å². The van der Waals surface area contributed by atoms with Crippen LogP contribution in [0.15, 0.2) is 18.2 Å². The van der Waals surface area contributed by atoms with Gasteiger partial charge in [-0.1, -0.05) is 6.92 Å². The number of nitrogen functional groups attached to an aromatic ring is 1. The minimum Gasteiger partial charge on any atom is -0.399 e. The number of benzene rings is 1. The molecule has 0 saturated carbocycles. The summed E-state index contributed by atoms with van der Waals surface area (Å²) in [5, 5.41) is 5.00. The Kier molecular flexibility index (Phi) is 6.61. The minimum atomic E-state index is -0.532. The molecule has 0 heterocycles. The zero-order chi connectivity index (χ0) is 15.8. The van der Waals surface area contributed by atoms with E-state index in [0.29, 0.717) is 18.8 Å². The summed E-state index contributed by atoms with van der Waals surface area (Å²) < 4.78 is 13.5. The average molecular weight is 296 g/mol. The molecule has 1 aromatic carbocycles. The highest BCUT2D eigenvalue weighted by molar-refractivity contribution is 5.91. The SMILES string of the molecule is CCN(CCC(=O)Nc1cc(N)ccc1F)CC(=O)NC. The number of carbonyl (C=O) groups excluding carboxylic acids is 2. The van der Waals surface area contributed by atoms with Gasteiger partial charge in [-0.15, -0.1) is 0 Å². The molecule has 1 rings (SSSR count). The Balaban J connectivity index is 2.49. The first-order valence-electron chi connectivity index (χ1n) is 6.74. The fraction of sp³-hybridized carbons (Fsp3) is 0.429. The lowest BCUT2D eigenvalue weighted by Crippen LogP contribution is -2.37. The van der Waals surface area contributed by atoms with Gasteiger partial charge in [0, 0.05) is 25.7 Å². The van der Waals surface area contributed by atoms with Crippen molar-refractivity contribution in [2.45, 2.75) is 13.3 Å². The first-order chi connectivity index (χ1) is 9.96. The lowest BCUT2D eigenvalue weighted by Gasteiger charge is -2.18. The number of halogens is 1. The quantitative estimate of drug-likeness (QED) is 0.650. The molecular formula is C14H21FN4O2. The van der Waals surface area contributed by atoms with Crippen LogP contribution >= 0.6 is 0 Å². The highest BCUT2D eigenvalue weighted by atomic mass is 19.1. The molecule has 116 valence electrons. The van der Waals surface area contributed by atoms with Crippen molar-refractivity contribution in [2.24, 2.45) is 0 Å². The molecule has 0 atom stereocenters. The van der Waals surface area contributed by atoms with Crippen LogP contribution in [0.3, 0.4) is 0 Å². The van der Waals surface area contributed by atoms with Crippen molar-refractivity contribution in [1.29, 1.82) is 0 Å². The molecule has 0 radical (unpaired) electrons. The van der Waals surface area contributed by atoms with E-state index in [1.807, 2.05) is 11.8 Å². The third-order valence-electron chi connectivity index (χ3n) is 3.01. The van der Waals surface area contributed by atoms with E-state index in [2.05, 4.69) is 10.6 Å². The summed E-state index contributed by atoms with van der Waals surface area (Å²) in [7, 11) is 1.56. The van der Waals surface area contributed by atoms with E-state index >= 15 is 0 Å². The molecule has 0 aromatic heterocycles. The van der Waals surface area contributed by atoms with Crippen molar-refractivity contribution < 1.29 is 14.0 Å². The molecule has 0 aliphatic heterocycles. The van der Waals surface area contributed by atoms with Gasteiger partial charge in [-0.05, 0) is 24.7 Å². The molecule has 4 N–H and O–H groups in total. The lowest BCUT2D eigenvalue weighted by atomic mass is 10.2. The molecular weight excluding hydrogens is 275 g/mol. The van der Waals surface area contributed by atoms with Gasteiger partial charge < -0.3 is 16.4 Å². The summed E-state index contributed by atoms with van der Waals surface area (Å²) in [5.41, 5.74) is 5.99. The van der Waals surface area contributed by atoms with Crippen LogP contribution in [0.5, 0.6) is 0 Å². The Morgan fingerprint density at radius 2 is 2.05 bits per heavy atom. The van der Waals surface area contributed by atoms with Gasteiger partial charge in [0.2, 0.25) is 11.8 Å². The number of nitrogens with two attached hydrogens (primary N) is 1. The molecule has 0 saturated heterocycles. The molecule has 1 aromatic rings. The maximum absolute atomic E-state index is 13.5. The largest absolute Gasteiger partial charge is 0.399 e. The van der Waals surface area contributed by atoms with Gasteiger partial charge in [-0.25, -0.2) is 4.39 Å². The molecule has 0 bridgehead atoms. The first-order valence-corrected chi connectivity index (χ1v) is 6.74. The number of nitrogens with zero attached hydrogens (tertiary/aromatic N) is 1.